The molecule has 0 saturated heterocycles. The number of anilines is 1. The number of rotatable bonds is 5. The Labute approximate surface area is 160 Å². The van der Waals surface area contributed by atoms with E-state index in [1.165, 1.54) is 10.4 Å². The zero-order valence-corrected chi connectivity index (χ0v) is 16.4. The number of nitrogens with zero attached hydrogens (tertiary/aromatic N) is 1. The van der Waals surface area contributed by atoms with Crippen molar-refractivity contribution in [1.29, 1.82) is 0 Å². The van der Waals surface area contributed by atoms with Crippen molar-refractivity contribution in [3.63, 3.8) is 0 Å². The van der Waals surface area contributed by atoms with Crippen molar-refractivity contribution >= 4 is 44.8 Å². The normalized spacial score (nSPS) is 17.0. The van der Waals surface area contributed by atoms with Gasteiger partial charge >= 0.3 is 0 Å². The fraction of sp³-hybridized carbons (Fsp3) is 0.333. The molecule has 2 heterocycles. The second-order valence-electron chi connectivity index (χ2n) is 5.82. The highest BCUT2D eigenvalue weighted by atomic mass is 79.9. The molecule has 1 amide bonds. The first-order valence-corrected chi connectivity index (χ1v) is 9.92. The topological polar surface area (TPSA) is 65.5 Å². The van der Waals surface area contributed by atoms with Crippen LogP contribution in [0, 0.1) is 0 Å². The van der Waals surface area contributed by atoms with Crippen molar-refractivity contribution in [3.05, 3.63) is 50.6 Å². The number of thiophene rings is 1. The van der Waals surface area contributed by atoms with Crippen LogP contribution in [0.25, 0.3) is 0 Å². The Hall–Kier alpha value is -1.86. The molecule has 1 aliphatic heterocycles. The Morgan fingerprint density at radius 2 is 2.16 bits per heavy atom. The summed E-state index contributed by atoms with van der Waals surface area (Å²) in [5, 5.41) is 9.58. The van der Waals surface area contributed by atoms with Gasteiger partial charge in [-0.25, -0.2) is 4.99 Å². The molecule has 1 aromatic heterocycles. The number of carbonyl (C=O) groups excluding carboxylic acids is 1. The van der Waals surface area contributed by atoms with Gasteiger partial charge in [-0.2, -0.15) is 0 Å². The third kappa shape index (κ3) is 4.83. The van der Waals surface area contributed by atoms with Gasteiger partial charge in [0.2, 0.25) is 5.91 Å². The molecule has 0 spiro atoms. The van der Waals surface area contributed by atoms with Crippen LogP contribution in [0.3, 0.4) is 0 Å². The van der Waals surface area contributed by atoms with E-state index < -0.39 is 0 Å². The average molecular weight is 421 g/mol. The largest absolute Gasteiger partial charge is 0.357 e. The van der Waals surface area contributed by atoms with Crippen LogP contribution in [0.4, 0.5) is 5.69 Å². The van der Waals surface area contributed by atoms with Crippen molar-refractivity contribution < 1.29 is 4.79 Å². The molecule has 5 nitrogen and oxygen atoms in total. The van der Waals surface area contributed by atoms with E-state index in [-0.39, 0.29) is 11.8 Å². The molecule has 0 saturated carbocycles. The van der Waals surface area contributed by atoms with Gasteiger partial charge in [0, 0.05) is 36.0 Å². The molecule has 0 fully saturated rings. The molecule has 2 aromatic rings. The molecular weight excluding hydrogens is 400 g/mol. The highest BCUT2D eigenvalue weighted by Crippen LogP contribution is 2.31. The zero-order chi connectivity index (χ0) is 17.6. The first kappa shape index (κ1) is 17.9. The number of carbonyl (C=O) groups is 1. The lowest BCUT2D eigenvalue weighted by Gasteiger charge is -2.26. The summed E-state index contributed by atoms with van der Waals surface area (Å²) in [6.45, 7) is 4.14. The van der Waals surface area contributed by atoms with Gasteiger partial charge < -0.3 is 16.0 Å². The number of halogens is 1. The lowest BCUT2D eigenvalue weighted by molar-refractivity contribution is -0.116. The number of amides is 1. The first-order chi connectivity index (χ1) is 12.2. The molecule has 1 atom stereocenters. The quantitative estimate of drug-likeness (QED) is 0.510. The fourth-order valence-corrected chi connectivity index (χ4v) is 4.25. The van der Waals surface area contributed by atoms with Gasteiger partial charge in [0.25, 0.3) is 0 Å². The number of hydrogen-bond donors (Lipinski definition) is 3. The molecule has 0 radical (unpaired) electrons. The van der Waals surface area contributed by atoms with Crippen molar-refractivity contribution in [2.75, 3.05) is 18.4 Å². The predicted molar refractivity (Wildman–Crippen MR) is 107 cm³/mol. The van der Waals surface area contributed by atoms with Crippen LogP contribution in [0.15, 0.2) is 45.2 Å². The summed E-state index contributed by atoms with van der Waals surface area (Å²) < 4.78 is 1.11. The lowest BCUT2D eigenvalue weighted by Crippen LogP contribution is -2.40. The summed E-state index contributed by atoms with van der Waals surface area (Å²) in [5.74, 6) is 0.982. The van der Waals surface area contributed by atoms with Crippen molar-refractivity contribution in [1.82, 2.24) is 10.6 Å². The van der Waals surface area contributed by atoms with E-state index in [4.69, 9.17) is 0 Å². The minimum Gasteiger partial charge on any atom is -0.357 e. The predicted octanol–water partition coefficient (Wildman–Crippen LogP) is 3.69. The molecule has 25 heavy (non-hydrogen) atoms. The van der Waals surface area contributed by atoms with Crippen LogP contribution in [0.1, 0.15) is 29.7 Å². The molecule has 132 valence electrons. The van der Waals surface area contributed by atoms with Crippen LogP contribution in [-0.4, -0.2) is 25.0 Å². The molecule has 1 aromatic carbocycles. The van der Waals surface area contributed by atoms with E-state index in [2.05, 4.69) is 49.0 Å². The number of para-hydroxylation sites is 1. The second kappa shape index (κ2) is 8.49. The number of nitrogens with one attached hydrogen (secondary N) is 3. The highest BCUT2D eigenvalue weighted by Gasteiger charge is 2.24. The minimum absolute atomic E-state index is 0.0656. The van der Waals surface area contributed by atoms with Gasteiger partial charge in [-0.1, -0.05) is 18.2 Å². The van der Waals surface area contributed by atoms with E-state index in [0.717, 1.165) is 22.0 Å². The van der Waals surface area contributed by atoms with Gasteiger partial charge in [0.1, 0.15) is 0 Å². The smallest absolute Gasteiger partial charge is 0.225 e. The summed E-state index contributed by atoms with van der Waals surface area (Å²) in [6, 6.07) is 12.1. The number of hydrogen-bond acceptors (Lipinski definition) is 3. The Balaban J connectivity index is 1.66. The van der Waals surface area contributed by atoms with Crippen LogP contribution in [0.2, 0.25) is 0 Å². The summed E-state index contributed by atoms with van der Waals surface area (Å²) in [5.41, 5.74) is 2.09. The van der Waals surface area contributed by atoms with Crippen LogP contribution >= 0.6 is 27.3 Å². The number of benzene rings is 1. The molecule has 0 aliphatic carbocycles. The maximum atomic E-state index is 11.9. The Bertz CT molecular complexity index is 774. The second-order valence-corrected chi connectivity index (χ2v) is 8.37. The molecular formula is C18H21BrN4OS. The van der Waals surface area contributed by atoms with Gasteiger partial charge in [-0.3, -0.25) is 4.79 Å². The summed E-state index contributed by atoms with van der Waals surface area (Å²) in [7, 11) is 0. The van der Waals surface area contributed by atoms with Gasteiger partial charge in [0.15, 0.2) is 5.96 Å². The number of fused-ring (bicyclic) bond motifs is 1. The SMILES string of the molecule is CCNC(=NCc1ccc(Br)s1)NCC1CC(=O)Nc2ccccc21. The lowest BCUT2D eigenvalue weighted by atomic mass is 9.90. The molecule has 1 unspecified atom stereocenters. The molecule has 1 aliphatic rings. The Morgan fingerprint density at radius 3 is 2.92 bits per heavy atom. The molecule has 3 rings (SSSR count). The third-order valence-corrected chi connectivity index (χ3v) is 5.60. The first-order valence-electron chi connectivity index (χ1n) is 8.31. The highest BCUT2D eigenvalue weighted by molar-refractivity contribution is 9.11. The maximum Gasteiger partial charge on any atom is 0.225 e. The number of aliphatic imine (C=N–C) groups is 1. The maximum absolute atomic E-state index is 11.9. The molecule has 0 bridgehead atoms. The Morgan fingerprint density at radius 1 is 1.32 bits per heavy atom. The van der Waals surface area contributed by atoms with E-state index in [1.54, 1.807) is 11.3 Å². The molecule has 3 N–H and O–H groups in total. The van der Waals surface area contributed by atoms with E-state index in [0.29, 0.717) is 19.5 Å². The van der Waals surface area contributed by atoms with Crippen molar-refractivity contribution in [3.8, 4) is 0 Å². The van der Waals surface area contributed by atoms with Crippen LogP contribution in [0.5, 0.6) is 0 Å². The van der Waals surface area contributed by atoms with Gasteiger partial charge in [-0.05, 0) is 46.6 Å². The zero-order valence-electron chi connectivity index (χ0n) is 14.0. The minimum atomic E-state index is 0.0656. The monoisotopic (exact) mass is 420 g/mol. The molecule has 7 heteroatoms. The van der Waals surface area contributed by atoms with Gasteiger partial charge in [-0.15, -0.1) is 11.3 Å². The standard InChI is InChI=1S/C18H21BrN4OS/c1-2-20-18(22-11-13-7-8-16(19)25-13)21-10-12-9-17(24)23-15-6-4-3-5-14(12)15/h3-8,12H,2,9-11H2,1H3,(H,23,24)(H2,20,21,22). The summed E-state index contributed by atoms with van der Waals surface area (Å²) >= 11 is 5.16. The van der Waals surface area contributed by atoms with E-state index in [9.17, 15) is 4.79 Å². The van der Waals surface area contributed by atoms with E-state index in [1.807, 2.05) is 31.2 Å². The van der Waals surface area contributed by atoms with Crippen LogP contribution in [-0.2, 0) is 11.3 Å². The summed E-state index contributed by atoms with van der Waals surface area (Å²) in [4.78, 5) is 17.8. The van der Waals surface area contributed by atoms with E-state index >= 15 is 0 Å². The fourth-order valence-electron chi connectivity index (χ4n) is 2.84. The summed E-state index contributed by atoms with van der Waals surface area (Å²) in [6.07, 6.45) is 0.487. The average Bonchev–Trinajstić information content (AvgIpc) is 3.02. The van der Waals surface area contributed by atoms with Crippen molar-refractivity contribution in [2.24, 2.45) is 4.99 Å². The number of guanidine groups is 1. The van der Waals surface area contributed by atoms with Crippen molar-refractivity contribution in [2.45, 2.75) is 25.8 Å². The Kier molecular flexibility index (Phi) is 6.09. The third-order valence-electron chi connectivity index (χ3n) is 3.99. The van der Waals surface area contributed by atoms with Crippen LogP contribution < -0.4 is 16.0 Å². The van der Waals surface area contributed by atoms with Gasteiger partial charge in [0.05, 0.1) is 10.3 Å².